The van der Waals surface area contributed by atoms with Gasteiger partial charge >= 0.3 is 0 Å². The Morgan fingerprint density at radius 2 is 1.32 bits per heavy atom. The predicted molar refractivity (Wildman–Crippen MR) is 88.0 cm³/mol. The largest absolute Gasteiger partial charge is 0.496 e. The van der Waals surface area contributed by atoms with E-state index in [-0.39, 0.29) is 8.41 Å². The molecular weight excluding hydrogens is 254 g/mol. The molecule has 0 aliphatic carbocycles. The van der Waals surface area contributed by atoms with Gasteiger partial charge in [0.25, 0.3) is 0 Å². The minimum Gasteiger partial charge on any atom is -0.496 e. The first-order valence-corrected chi connectivity index (χ1v) is 7.56. The fraction of sp³-hybridized carbons (Fsp3) is 0.200. The van der Waals surface area contributed by atoms with Crippen LogP contribution in [0.25, 0.3) is 0 Å². The van der Waals surface area contributed by atoms with E-state index in [1.807, 2.05) is 24.3 Å². The van der Waals surface area contributed by atoms with E-state index < -0.39 is 7.92 Å². The molecule has 4 heteroatoms. The lowest BCUT2D eigenvalue weighted by Gasteiger charge is -2.19. The van der Waals surface area contributed by atoms with Gasteiger partial charge in [0.2, 0.25) is 0 Å². The van der Waals surface area contributed by atoms with Gasteiger partial charge in [0.15, 0.2) is 0 Å². The van der Waals surface area contributed by atoms with Crippen molar-refractivity contribution >= 4 is 26.9 Å². The molecule has 1 atom stereocenters. The molecule has 2 aromatic rings. The van der Waals surface area contributed by atoms with Crippen LogP contribution in [0.4, 0.5) is 0 Å². The van der Waals surface area contributed by atoms with Gasteiger partial charge in [-0.15, -0.1) is 0 Å². The summed E-state index contributed by atoms with van der Waals surface area (Å²) in [6.45, 7) is 2.23. The highest BCUT2D eigenvalue weighted by Crippen LogP contribution is 2.37. The van der Waals surface area contributed by atoms with E-state index >= 15 is 0 Å². The van der Waals surface area contributed by atoms with Gasteiger partial charge in [0.05, 0.1) is 27.9 Å². The van der Waals surface area contributed by atoms with Crippen LogP contribution in [-0.2, 0) is 0 Å². The number of benzene rings is 2. The van der Waals surface area contributed by atoms with Gasteiger partial charge in [-0.25, -0.2) is 0 Å². The molecule has 0 bridgehead atoms. The SMILES string of the molecule is B.COc1cccc(OC)c1P(C)c1ccccc1. The normalized spacial score (nSPS) is 11.3. The van der Waals surface area contributed by atoms with Crippen molar-refractivity contribution in [3.8, 4) is 11.5 Å². The van der Waals surface area contributed by atoms with Crippen LogP contribution in [0.2, 0.25) is 0 Å². The van der Waals surface area contributed by atoms with Gasteiger partial charge in [-0.2, -0.15) is 0 Å². The van der Waals surface area contributed by atoms with Crippen molar-refractivity contribution in [2.45, 2.75) is 0 Å². The minimum absolute atomic E-state index is 0. The number of ether oxygens (including phenoxy) is 2. The van der Waals surface area contributed by atoms with Crippen molar-refractivity contribution in [1.82, 2.24) is 0 Å². The quantitative estimate of drug-likeness (QED) is 0.622. The molecule has 0 amide bonds. The zero-order valence-electron chi connectivity index (χ0n) is 10.9. The standard InChI is InChI=1S/C15H17O2P.BH3/c1-16-13-10-7-11-14(17-2)15(13)18(3)12-8-5-4-6-9-12;/h4-11H,1-3H3;1H3. The second-order valence-electron chi connectivity index (χ2n) is 3.91. The highest BCUT2D eigenvalue weighted by molar-refractivity contribution is 7.72. The first-order valence-electron chi connectivity index (χ1n) is 5.77. The lowest BCUT2D eigenvalue weighted by Crippen LogP contribution is -2.15. The second kappa shape index (κ2) is 7.20. The van der Waals surface area contributed by atoms with Crippen molar-refractivity contribution < 1.29 is 9.47 Å². The molecule has 0 saturated carbocycles. The van der Waals surface area contributed by atoms with E-state index in [9.17, 15) is 0 Å². The Morgan fingerprint density at radius 1 is 0.789 bits per heavy atom. The Bertz CT molecular complexity index is 495. The van der Waals surface area contributed by atoms with Crippen molar-refractivity contribution in [3.63, 3.8) is 0 Å². The zero-order chi connectivity index (χ0) is 13.0. The van der Waals surface area contributed by atoms with Crippen LogP contribution >= 0.6 is 7.92 Å². The maximum Gasteiger partial charge on any atom is 0.130 e. The number of methoxy groups -OCH3 is 2. The van der Waals surface area contributed by atoms with Crippen molar-refractivity contribution in [2.75, 3.05) is 20.9 Å². The minimum atomic E-state index is -0.474. The Labute approximate surface area is 118 Å². The number of hydrogen-bond donors (Lipinski definition) is 0. The van der Waals surface area contributed by atoms with Crippen molar-refractivity contribution in [2.24, 2.45) is 0 Å². The lowest BCUT2D eigenvalue weighted by molar-refractivity contribution is 0.401. The molecule has 0 radical (unpaired) electrons. The van der Waals surface area contributed by atoms with Gasteiger partial charge in [-0.3, -0.25) is 0 Å². The average molecular weight is 274 g/mol. The highest BCUT2D eigenvalue weighted by Gasteiger charge is 2.17. The van der Waals surface area contributed by atoms with Crippen molar-refractivity contribution in [1.29, 1.82) is 0 Å². The summed E-state index contributed by atoms with van der Waals surface area (Å²) in [6, 6.07) is 16.4. The smallest absolute Gasteiger partial charge is 0.130 e. The molecule has 0 fully saturated rings. The molecule has 2 nitrogen and oxygen atoms in total. The third-order valence-electron chi connectivity index (χ3n) is 2.88. The van der Waals surface area contributed by atoms with Crippen LogP contribution in [0.15, 0.2) is 48.5 Å². The summed E-state index contributed by atoms with van der Waals surface area (Å²) in [6.07, 6.45) is 0. The van der Waals surface area contributed by atoms with Gasteiger partial charge in [0, 0.05) is 0 Å². The lowest BCUT2D eigenvalue weighted by atomic mass is 10.3. The second-order valence-corrected chi connectivity index (χ2v) is 5.99. The molecule has 0 aromatic heterocycles. The first-order chi connectivity index (χ1) is 8.77. The predicted octanol–water partition coefficient (Wildman–Crippen LogP) is 1.58. The molecule has 0 saturated heterocycles. The maximum absolute atomic E-state index is 5.47. The third-order valence-corrected chi connectivity index (χ3v) is 5.07. The Balaban J connectivity index is 0.00000180. The van der Waals surface area contributed by atoms with Gasteiger partial charge in [-0.05, 0) is 32.0 Å². The van der Waals surface area contributed by atoms with Crippen LogP contribution in [0.1, 0.15) is 0 Å². The van der Waals surface area contributed by atoms with E-state index in [1.165, 1.54) is 5.30 Å². The van der Waals surface area contributed by atoms with E-state index in [0.29, 0.717) is 0 Å². The summed E-state index contributed by atoms with van der Waals surface area (Å²) in [5.41, 5.74) is 0. The molecular formula is C15H20BO2P. The summed E-state index contributed by atoms with van der Waals surface area (Å²) >= 11 is 0. The topological polar surface area (TPSA) is 18.5 Å². The molecule has 19 heavy (non-hydrogen) atoms. The zero-order valence-corrected chi connectivity index (χ0v) is 11.8. The number of rotatable bonds is 4. The summed E-state index contributed by atoms with van der Waals surface area (Å²) < 4.78 is 10.9. The molecule has 0 aliphatic heterocycles. The highest BCUT2D eigenvalue weighted by atomic mass is 31.1. The van der Waals surface area contributed by atoms with Crippen LogP contribution in [0, 0.1) is 0 Å². The van der Waals surface area contributed by atoms with E-state index in [4.69, 9.17) is 9.47 Å². The summed E-state index contributed by atoms with van der Waals surface area (Å²) in [4.78, 5) is 0. The molecule has 0 heterocycles. The molecule has 1 unspecified atom stereocenters. The van der Waals surface area contributed by atoms with Crippen LogP contribution in [0.5, 0.6) is 11.5 Å². The van der Waals surface area contributed by atoms with Gasteiger partial charge in [0.1, 0.15) is 11.5 Å². The molecule has 0 N–H and O–H groups in total. The summed E-state index contributed by atoms with van der Waals surface area (Å²) in [5.74, 6) is 1.79. The van der Waals surface area contributed by atoms with Gasteiger partial charge in [-0.1, -0.05) is 36.4 Å². The fourth-order valence-corrected chi connectivity index (χ4v) is 3.81. The van der Waals surface area contributed by atoms with E-state index in [2.05, 4.69) is 30.9 Å². The molecule has 0 aliphatic rings. The fourth-order valence-electron chi connectivity index (χ4n) is 1.94. The molecule has 100 valence electrons. The Kier molecular flexibility index (Phi) is 5.91. The van der Waals surface area contributed by atoms with Gasteiger partial charge < -0.3 is 9.47 Å². The molecule has 2 aromatic carbocycles. The van der Waals surface area contributed by atoms with E-state index in [0.717, 1.165) is 16.8 Å². The Morgan fingerprint density at radius 3 is 1.79 bits per heavy atom. The Hall–Kier alpha value is -1.47. The molecule has 2 rings (SSSR count). The third kappa shape index (κ3) is 3.30. The van der Waals surface area contributed by atoms with Crippen LogP contribution in [0.3, 0.4) is 0 Å². The van der Waals surface area contributed by atoms with Crippen LogP contribution < -0.4 is 20.1 Å². The first kappa shape index (κ1) is 15.6. The number of hydrogen-bond acceptors (Lipinski definition) is 2. The summed E-state index contributed by atoms with van der Waals surface area (Å²) in [7, 11) is 2.93. The summed E-state index contributed by atoms with van der Waals surface area (Å²) in [5, 5.41) is 2.47. The van der Waals surface area contributed by atoms with E-state index in [1.54, 1.807) is 14.2 Å². The van der Waals surface area contributed by atoms with Crippen LogP contribution in [-0.4, -0.2) is 29.3 Å². The average Bonchev–Trinajstić information content (AvgIpc) is 2.46. The van der Waals surface area contributed by atoms with Crippen molar-refractivity contribution in [3.05, 3.63) is 48.5 Å². The molecule has 0 spiro atoms. The monoisotopic (exact) mass is 274 g/mol. The maximum atomic E-state index is 5.47.